The van der Waals surface area contributed by atoms with Gasteiger partial charge in [-0.2, -0.15) is 0 Å². The number of H-pyrrole nitrogens is 1. The van der Waals surface area contributed by atoms with Crippen molar-refractivity contribution >= 4 is 17.5 Å². The van der Waals surface area contributed by atoms with E-state index in [9.17, 15) is 0 Å². The standard InChI is InChI=1S/C17H17ClN4/c1-10(2)12-4-3-11(18)9-13(12)14-5-6-15(21-14)16-7-8-20-17(19)22-16/h3-10,21H,1-2H3,(H2,19,20,22). The SMILES string of the molecule is CC(C)c1ccc(Cl)cc1-c1ccc(-c2ccnc(N)n2)[nH]1. The summed E-state index contributed by atoms with van der Waals surface area (Å²) in [4.78, 5) is 11.5. The molecular formula is C17H17ClN4. The molecule has 22 heavy (non-hydrogen) atoms. The molecule has 3 rings (SSSR count). The Bertz CT molecular complexity index is 808. The third-order valence-corrected chi connectivity index (χ3v) is 3.80. The maximum atomic E-state index is 6.16. The van der Waals surface area contributed by atoms with Gasteiger partial charge in [-0.3, -0.25) is 0 Å². The second kappa shape index (κ2) is 5.81. The minimum absolute atomic E-state index is 0.263. The van der Waals surface area contributed by atoms with Gasteiger partial charge in [0.05, 0.1) is 11.4 Å². The number of nitrogens with one attached hydrogen (secondary N) is 1. The van der Waals surface area contributed by atoms with Crippen molar-refractivity contribution in [1.82, 2.24) is 15.0 Å². The highest BCUT2D eigenvalue weighted by atomic mass is 35.5. The summed E-state index contributed by atoms with van der Waals surface area (Å²) in [6.45, 7) is 4.34. The Labute approximate surface area is 134 Å². The van der Waals surface area contributed by atoms with Crippen LogP contribution in [0.4, 0.5) is 5.95 Å². The number of nitrogens with two attached hydrogens (primary N) is 1. The average Bonchev–Trinajstić information content (AvgIpc) is 2.96. The molecule has 0 aliphatic carbocycles. The lowest BCUT2D eigenvalue weighted by Crippen LogP contribution is -1.95. The highest BCUT2D eigenvalue weighted by Crippen LogP contribution is 2.32. The molecule has 0 aliphatic rings. The predicted molar refractivity (Wildman–Crippen MR) is 90.8 cm³/mol. The zero-order chi connectivity index (χ0) is 15.7. The third-order valence-electron chi connectivity index (χ3n) is 3.56. The maximum Gasteiger partial charge on any atom is 0.220 e. The van der Waals surface area contributed by atoms with E-state index in [0.29, 0.717) is 5.92 Å². The average molecular weight is 313 g/mol. The molecular weight excluding hydrogens is 296 g/mol. The summed E-state index contributed by atoms with van der Waals surface area (Å²) in [5.41, 5.74) is 10.7. The number of nitrogen functional groups attached to an aromatic ring is 1. The number of nitrogens with zero attached hydrogens (tertiary/aromatic N) is 2. The number of aromatic nitrogens is 3. The Morgan fingerprint density at radius 2 is 1.86 bits per heavy atom. The van der Waals surface area contributed by atoms with E-state index >= 15 is 0 Å². The first kappa shape index (κ1) is 14.6. The van der Waals surface area contributed by atoms with Crippen LogP contribution < -0.4 is 5.73 Å². The minimum atomic E-state index is 0.263. The Balaban J connectivity index is 2.06. The molecule has 0 amide bonds. The number of benzene rings is 1. The number of hydrogen-bond donors (Lipinski definition) is 2. The van der Waals surface area contributed by atoms with Gasteiger partial charge in [0.25, 0.3) is 0 Å². The van der Waals surface area contributed by atoms with Crippen LogP contribution in [0.3, 0.4) is 0 Å². The summed E-state index contributed by atoms with van der Waals surface area (Å²) in [6, 6.07) is 11.8. The van der Waals surface area contributed by atoms with Crippen molar-refractivity contribution in [2.45, 2.75) is 19.8 Å². The quantitative estimate of drug-likeness (QED) is 0.748. The number of anilines is 1. The van der Waals surface area contributed by atoms with Gasteiger partial charge in [0, 0.05) is 22.5 Å². The van der Waals surface area contributed by atoms with Gasteiger partial charge < -0.3 is 10.7 Å². The van der Waals surface area contributed by atoms with Crippen molar-refractivity contribution in [2.75, 3.05) is 5.73 Å². The largest absolute Gasteiger partial charge is 0.368 e. The molecule has 4 nitrogen and oxygen atoms in total. The van der Waals surface area contributed by atoms with Crippen molar-refractivity contribution in [2.24, 2.45) is 0 Å². The monoisotopic (exact) mass is 312 g/mol. The van der Waals surface area contributed by atoms with E-state index in [2.05, 4.69) is 34.9 Å². The summed E-state index contributed by atoms with van der Waals surface area (Å²) in [5, 5.41) is 0.724. The first-order valence-corrected chi connectivity index (χ1v) is 7.50. The smallest absolute Gasteiger partial charge is 0.220 e. The molecule has 3 N–H and O–H groups in total. The van der Waals surface area contributed by atoms with Crippen LogP contribution in [0.2, 0.25) is 5.02 Å². The lowest BCUT2D eigenvalue weighted by molar-refractivity contribution is 0.868. The summed E-state index contributed by atoms with van der Waals surface area (Å²) in [7, 11) is 0. The molecule has 3 aromatic rings. The summed E-state index contributed by atoms with van der Waals surface area (Å²) < 4.78 is 0. The van der Waals surface area contributed by atoms with Crippen LogP contribution in [0.15, 0.2) is 42.6 Å². The van der Waals surface area contributed by atoms with Gasteiger partial charge in [0.2, 0.25) is 5.95 Å². The third kappa shape index (κ3) is 2.83. The van der Waals surface area contributed by atoms with Crippen LogP contribution >= 0.6 is 11.6 Å². The van der Waals surface area contributed by atoms with E-state index in [0.717, 1.165) is 27.7 Å². The molecule has 0 aliphatic heterocycles. The highest BCUT2D eigenvalue weighted by molar-refractivity contribution is 6.30. The summed E-state index contributed by atoms with van der Waals surface area (Å²) in [6.07, 6.45) is 1.65. The van der Waals surface area contributed by atoms with Gasteiger partial charge >= 0.3 is 0 Å². The van der Waals surface area contributed by atoms with E-state index in [-0.39, 0.29) is 5.95 Å². The molecule has 0 spiro atoms. The van der Waals surface area contributed by atoms with Gasteiger partial charge in [0.15, 0.2) is 0 Å². The van der Waals surface area contributed by atoms with Crippen molar-refractivity contribution in [3.8, 4) is 22.6 Å². The van der Waals surface area contributed by atoms with E-state index in [1.165, 1.54) is 5.56 Å². The molecule has 0 fully saturated rings. The van der Waals surface area contributed by atoms with Crippen molar-refractivity contribution in [1.29, 1.82) is 0 Å². The Morgan fingerprint density at radius 1 is 1.09 bits per heavy atom. The first-order valence-electron chi connectivity index (χ1n) is 7.12. The van der Waals surface area contributed by atoms with Crippen LogP contribution in [-0.4, -0.2) is 15.0 Å². The highest BCUT2D eigenvalue weighted by Gasteiger charge is 2.12. The van der Waals surface area contributed by atoms with Gasteiger partial charge in [-0.05, 0) is 41.8 Å². The fourth-order valence-corrected chi connectivity index (χ4v) is 2.66. The van der Waals surface area contributed by atoms with Crippen LogP contribution in [0.25, 0.3) is 22.6 Å². The normalized spacial score (nSPS) is 11.1. The van der Waals surface area contributed by atoms with E-state index in [1.807, 2.05) is 30.3 Å². The van der Waals surface area contributed by atoms with Crippen LogP contribution in [0, 0.1) is 0 Å². The predicted octanol–water partition coefficient (Wildman–Crippen LogP) is 4.50. The zero-order valence-electron chi connectivity index (χ0n) is 12.5. The van der Waals surface area contributed by atoms with Crippen LogP contribution in [0.1, 0.15) is 25.3 Å². The van der Waals surface area contributed by atoms with Gasteiger partial charge in [-0.1, -0.05) is 31.5 Å². The Kier molecular flexibility index (Phi) is 3.86. The fourth-order valence-electron chi connectivity index (χ4n) is 2.49. The van der Waals surface area contributed by atoms with E-state index in [1.54, 1.807) is 6.20 Å². The molecule has 1 aromatic carbocycles. The van der Waals surface area contributed by atoms with Crippen LogP contribution in [0.5, 0.6) is 0 Å². The van der Waals surface area contributed by atoms with Crippen molar-refractivity contribution < 1.29 is 0 Å². The van der Waals surface area contributed by atoms with Crippen molar-refractivity contribution in [3.05, 3.63) is 53.2 Å². The van der Waals surface area contributed by atoms with E-state index in [4.69, 9.17) is 17.3 Å². The molecule has 2 aromatic heterocycles. The molecule has 5 heteroatoms. The molecule has 0 saturated heterocycles. The second-order valence-electron chi connectivity index (χ2n) is 5.47. The summed E-state index contributed by atoms with van der Waals surface area (Å²) >= 11 is 6.16. The first-order chi connectivity index (χ1) is 10.5. The minimum Gasteiger partial charge on any atom is -0.368 e. The zero-order valence-corrected chi connectivity index (χ0v) is 13.2. The second-order valence-corrected chi connectivity index (χ2v) is 5.91. The topological polar surface area (TPSA) is 67.6 Å². The number of aromatic amines is 1. The molecule has 0 unspecified atom stereocenters. The molecule has 112 valence electrons. The molecule has 0 bridgehead atoms. The molecule has 0 atom stereocenters. The van der Waals surface area contributed by atoms with Gasteiger partial charge in [0.1, 0.15) is 0 Å². The number of hydrogen-bond acceptors (Lipinski definition) is 3. The molecule has 2 heterocycles. The van der Waals surface area contributed by atoms with Gasteiger partial charge in [-0.15, -0.1) is 0 Å². The Hall–Kier alpha value is -2.33. The van der Waals surface area contributed by atoms with Crippen molar-refractivity contribution in [3.63, 3.8) is 0 Å². The van der Waals surface area contributed by atoms with Gasteiger partial charge in [-0.25, -0.2) is 9.97 Å². The van der Waals surface area contributed by atoms with E-state index < -0.39 is 0 Å². The number of halogens is 1. The number of rotatable bonds is 3. The van der Waals surface area contributed by atoms with Crippen LogP contribution in [-0.2, 0) is 0 Å². The molecule has 0 saturated carbocycles. The Morgan fingerprint density at radius 3 is 2.59 bits per heavy atom. The fraction of sp³-hybridized carbons (Fsp3) is 0.176. The maximum absolute atomic E-state index is 6.16. The molecule has 0 radical (unpaired) electrons. The lowest BCUT2D eigenvalue weighted by Gasteiger charge is -2.12. The summed E-state index contributed by atoms with van der Waals surface area (Å²) in [5.74, 6) is 0.674. The lowest BCUT2D eigenvalue weighted by atomic mass is 9.95.